The molecule has 1 heterocycles. The van der Waals surface area contributed by atoms with E-state index in [9.17, 15) is 0 Å². The molecule has 0 saturated heterocycles. The van der Waals surface area contributed by atoms with E-state index in [1.807, 2.05) is 0 Å². The van der Waals surface area contributed by atoms with Crippen LogP contribution in [0, 0.1) is 0 Å². The Morgan fingerprint density at radius 2 is 1.10 bits per heavy atom. The van der Waals surface area contributed by atoms with Crippen molar-refractivity contribution in [2.45, 2.75) is 19.3 Å². The molecule has 0 N–H and O–H groups in total. The number of hydrogen-bond acceptors (Lipinski definition) is 2. The highest BCUT2D eigenvalue weighted by molar-refractivity contribution is 6.16. The summed E-state index contributed by atoms with van der Waals surface area (Å²) in [6.45, 7) is 4.78. The molecule has 2 nitrogen and oxygen atoms in total. The molecule has 0 spiro atoms. The summed E-state index contributed by atoms with van der Waals surface area (Å²) >= 11 is 0. The maximum absolute atomic E-state index is 7.00. The third-order valence-electron chi connectivity index (χ3n) is 10.6. The minimum absolute atomic E-state index is 0.206. The van der Waals surface area contributed by atoms with E-state index < -0.39 is 0 Å². The van der Waals surface area contributed by atoms with Crippen LogP contribution in [0.15, 0.2) is 168 Å². The maximum atomic E-state index is 7.00. The number of benzene rings is 8. The van der Waals surface area contributed by atoms with Gasteiger partial charge in [0.05, 0.1) is 11.4 Å². The zero-order valence-corrected chi connectivity index (χ0v) is 27.4. The van der Waals surface area contributed by atoms with Gasteiger partial charge in [0, 0.05) is 32.8 Å². The molecule has 0 saturated carbocycles. The van der Waals surface area contributed by atoms with Gasteiger partial charge in [-0.2, -0.15) is 0 Å². The molecule has 8 aromatic carbocycles. The van der Waals surface area contributed by atoms with Crippen molar-refractivity contribution in [3.05, 3.63) is 175 Å². The Kier molecular flexibility index (Phi) is 5.95. The summed E-state index contributed by atoms with van der Waals surface area (Å²) in [5.74, 6) is 0. The van der Waals surface area contributed by atoms with Gasteiger partial charge < -0.3 is 9.32 Å². The highest BCUT2D eigenvalue weighted by Gasteiger charge is 2.39. The van der Waals surface area contributed by atoms with Gasteiger partial charge in [0.15, 0.2) is 5.58 Å². The molecule has 0 bridgehead atoms. The van der Waals surface area contributed by atoms with Gasteiger partial charge in [-0.15, -0.1) is 0 Å². The van der Waals surface area contributed by atoms with E-state index in [0.29, 0.717) is 0 Å². The summed E-state index contributed by atoms with van der Waals surface area (Å²) in [5, 5.41) is 7.31. The fraction of sp³-hybridized carbons (Fsp3) is 0.0638. The molecular weight excluding hydrogens is 595 g/mol. The normalized spacial score (nSPS) is 13.3. The first-order valence-electron chi connectivity index (χ1n) is 17.0. The molecule has 0 aliphatic heterocycles. The number of nitrogens with zero attached hydrogens (tertiary/aromatic N) is 1. The first kappa shape index (κ1) is 27.9. The molecule has 10 rings (SSSR count). The summed E-state index contributed by atoms with van der Waals surface area (Å²) in [5.41, 5.74) is 12.5. The number of hydrogen-bond donors (Lipinski definition) is 0. The van der Waals surface area contributed by atoms with E-state index in [4.69, 9.17) is 4.42 Å². The molecule has 0 unspecified atom stereocenters. The lowest BCUT2D eigenvalue weighted by Gasteiger charge is -2.30. The molecule has 0 amide bonds. The lowest BCUT2D eigenvalue weighted by Crippen LogP contribution is -2.17. The lowest BCUT2D eigenvalue weighted by molar-refractivity contribution is 0.666. The number of furan rings is 1. The maximum Gasteiger partial charge on any atom is 0.159 e. The highest BCUT2D eigenvalue weighted by atomic mass is 16.3. The van der Waals surface area contributed by atoms with Crippen molar-refractivity contribution in [3.8, 4) is 22.3 Å². The van der Waals surface area contributed by atoms with E-state index in [1.54, 1.807) is 0 Å². The minimum atomic E-state index is -0.206. The van der Waals surface area contributed by atoms with Gasteiger partial charge in [0.1, 0.15) is 5.58 Å². The summed E-state index contributed by atoms with van der Waals surface area (Å²) in [6.07, 6.45) is 0. The first-order valence-corrected chi connectivity index (χ1v) is 17.0. The van der Waals surface area contributed by atoms with Crippen molar-refractivity contribution in [2.75, 3.05) is 4.90 Å². The van der Waals surface area contributed by atoms with Crippen molar-refractivity contribution in [3.63, 3.8) is 0 Å². The van der Waals surface area contributed by atoms with Crippen LogP contribution in [0.4, 0.5) is 17.1 Å². The van der Waals surface area contributed by atoms with Crippen LogP contribution in [0.25, 0.3) is 65.7 Å². The van der Waals surface area contributed by atoms with Gasteiger partial charge in [-0.25, -0.2) is 0 Å². The van der Waals surface area contributed by atoms with Crippen LogP contribution in [0.3, 0.4) is 0 Å². The molecule has 9 aromatic rings. The Balaban J connectivity index is 1.28. The van der Waals surface area contributed by atoms with Crippen molar-refractivity contribution in [1.29, 1.82) is 0 Å². The standard InChI is InChI=1S/C47H33NO/c1-47(2)40-29-42(35-21-11-12-22-36(35)43(40)39-28-27-31-17-9-10-20-33(31)44(39)47)48(32-18-7-4-8-19-32)41-26-14-25-38-37-24-13-23-34(45(37)49-46(38)41)30-15-5-3-6-16-30/h3-29H,1-2H3. The lowest BCUT2D eigenvalue weighted by atomic mass is 9.79. The average Bonchev–Trinajstić information content (AvgIpc) is 3.65. The molecule has 49 heavy (non-hydrogen) atoms. The number of para-hydroxylation sites is 3. The Hall–Kier alpha value is -6.12. The van der Waals surface area contributed by atoms with Gasteiger partial charge >= 0.3 is 0 Å². The van der Waals surface area contributed by atoms with Gasteiger partial charge in [0.25, 0.3) is 0 Å². The topological polar surface area (TPSA) is 16.4 Å². The van der Waals surface area contributed by atoms with Gasteiger partial charge in [-0.05, 0) is 68.2 Å². The SMILES string of the molecule is CC1(C)c2cc(N(c3ccccc3)c3cccc4c3oc3c(-c5ccccc5)cccc34)c3ccccc3c2-c2ccc3ccccc3c21. The van der Waals surface area contributed by atoms with Gasteiger partial charge in [0.2, 0.25) is 0 Å². The molecule has 1 aromatic heterocycles. The predicted octanol–water partition coefficient (Wildman–Crippen LogP) is 13.3. The van der Waals surface area contributed by atoms with Crippen LogP contribution < -0.4 is 4.90 Å². The molecule has 0 fully saturated rings. The quantitative estimate of drug-likeness (QED) is 0.193. The van der Waals surface area contributed by atoms with E-state index in [1.165, 1.54) is 43.8 Å². The zero-order valence-electron chi connectivity index (χ0n) is 27.4. The van der Waals surface area contributed by atoms with E-state index in [-0.39, 0.29) is 5.41 Å². The molecular formula is C47H33NO. The summed E-state index contributed by atoms with van der Waals surface area (Å²) in [4.78, 5) is 2.41. The Labute approximate surface area is 285 Å². The monoisotopic (exact) mass is 627 g/mol. The zero-order chi connectivity index (χ0) is 32.7. The Morgan fingerprint density at radius 1 is 0.469 bits per heavy atom. The van der Waals surface area contributed by atoms with E-state index in [0.717, 1.165) is 50.1 Å². The van der Waals surface area contributed by atoms with Crippen molar-refractivity contribution in [2.24, 2.45) is 0 Å². The van der Waals surface area contributed by atoms with Gasteiger partial charge in [-0.3, -0.25) is 0 Å². The molecule has 232 valence electrons. The second kappa shape index (κ2) is 10.4. The van der Waals surface area contributed by atoms with Crippen LogP contribution in [-0.4, -0.2) is 0 Å². The average molecular weight is 628 g/mol. The van der Waals surface area contributed by atoms with Crippen molar-refractivity contribution in [1.82, 2.24) is 0 Å². The van der Waals surface area contributed by atoms with Crippen LogP contribution >= 0.6 is 0 Å². The Bertz CT molecular complexity index is 2740. The van der Waals surface area contributed by atoms with Crippen molar-refractivity contribution >= 4 is 60.5 Å². The first-order chi connectivity index (χ1) is 24.1. The molecule has 1 aliphatic carbocycles. The molecule has 0 radical (unpaired) electrons. The summed E-state index contributed by atoms with van der Waals surface area (Å²) < 4.78 is 7.00. The van der Waals surface area contributed by atoms with Crippen LogP contribution in [-0.2, 0) is 5.41 Å². The van der Waals surface area contributed by atoms with Gasteiger partial charge in [-0.1, -0.05) is 153 Å². The van der Waals surface area contributed by atoms with Crippen LogP contribution in [0.5, 0.6) is 0 Å². The smallest absolute Gasteiger partial charge is 0.159 e. The number of anilines is 3. The minimum Gasteiger partial charge on any atom is -0.453 e. The summed E-state index contributed by atoms with van der Waals surface area (Å²) in [7, 11) is 0. The van der Waals surface area contributed by atoms with Crippen LogP contribution in [0.1, 0.15) is 25.0 Å². The third kappa shape index (κ3) is 4.01. The van der Waals surface area contributed by atoms with E-state index >= 15 is 0 Å². The predicted molar refractivity (Wildman–Crippen MR) is 206 cm³/mol. The Morgan fingerprint density at radius 3 is 1.90 bits per heavy atom. The largest absolute Gasteiger partial charge is 0.453 e. The molecule has 0 atom stereocenters. The number of rotatable bonds is 4. The highest BCUT2D eigenvalue weighted by Crippen LogP contribution is 2.56. The molecule has 1 aliphatic rings. The van der Waals surface area contributed by atoms with Crippen molar-refractivity contribution < 1.29 is 4.42 Å². The summed E-state index contributed by atoms with van der Waals surface area (Å²) in [6, 6.07) is 59.1. The second-order valence-electron chi connectivity index (χ2n) is 13.7. The fourth-order valence-electron chi connectivity index (χ4n) is 8.42. The number of fused-ring (bicyclic) bond motifs is 10. The fourth-order valence-corrected chi connectivity index (χ4v) is 8.42. The molecule has 2 heteroatoms. The van der Waals surface area contributed by atoms with Crippen LogP contribution in [0.2, 0.25) is 0 Å². The third-order valence-corrected chi connectivity index (χ3v) is 10.6. The second-order valence-corrected chi connectivity index (χ2v) is 13.7. The van der Waals surface area contributed by atoms with E-state index in [2.05, 4.69) is 183 Å².